The molecule has 0 saturated heterocycles. The average Bonchev–Trinajstić information content (AvgIpc) is 2.07. The zero-order valence-corrected chi connectivity index (χ0v) is 8.17. The maximum atomic E-state index is 5.11. The van der Waals surface area contributed by atoms with E-state index in [9.17, 15) is 0 Å². The Morgan fingerprint density at radius 1 is 1.46 bits per heavy atom. The molecule has 0 aliphatic carbocycles. The van der Waals surface area contributed by atoms with Gasteiger partial charge >= 0.3 is 18.9 Å². The largest absolute Gasteiger partial charge is 1.00 e. The van der Waals surface area contributed by atoms with E-state index < -0.39 is 0 Å². The van der Waals surface area contributed by atoms with Crippen molar-refractivity contribution in [1.29, 1.82) is 0 Å². The van der Waals surface area contributed by atoms with Crippen LogP contribution in [0.3, 0.4) is 0 Å². The van der Waals surface area contributed by atoms with Crippen molar-refractivity contribution in [3.8, 4) is 0 Å². The molecule has 0 atom stereocenters. The SMILES string of the molecule is C=c1ccc(C)c/c1=C/C=[C-]N.[Li+]. The number of rotatable bonds is 1. The Balaban J connectivity index is 0.00000144. The van der Waals surface area contributed by atoms with E-state index in [1.54, 1.807) is 6.08 Å². The Bertz CT molecular complexity index is 393. The molecule has 0 unspecified atom stereocenters. The molecule has 0 radical (unpaired) electrons. The van der Waals surface area contributed by atoms with Gasteiger partial charge < -0.3 is 5.73 Å². The fraction of sp³-hybridized carbons (Fsp3) is 0.0909. The van der Waals surface area contributed by atoms with Crippen molar-refractivity contribution < 1.29 is 18.9 Å². The first kappa shape index (κ1) is 12.1. The summed E-state index contributed by atoms with van der Waals surface area (Å²) in [4.78, 5) is 0. The molecule has 0 amide bonds. The van der Waals surface area contributed by atoms with Gasteiger partial charge in [-0.05, 0) is 12.1 Å². The molecule has 1 rings (SSSR count). The minimum Gasteiger partial charge on any atom is -0.490 e. The Morgan fingerprint density at radius 2 is 2.15 bits per heavy atom. The van der Waals surface area contributed by atoms with Gasteiger partial charge in [-0.15, -0.1) is 5.22 Å². The van der Waals surface area contributed by atoms with Crippen LogP contribution in [-0.4, -0.2) is 0 Å². The number of allylic oxidation sites excluding steroid dienone is 1. The molecular weight excluding hydrogens is 153 g/mol. The van der Waals surface area contributed by atoms with Crippen molar-refractivity contribution in [2.24, 2.45) is 5.73 Å². The molecule has 0 bridgehead atoms. The van der Waals surface area contributed by atoms with Crippen molar-refractivity contribution in [1.82, 2.24) is 0 Å². The maximum absolute atomic E-state index is 5.11. The van der Waals surface area contributed by atoms with E-state index in [2.05, 4.69) is 18.8 Å². The van der Waals surface area contributed by atoms with Crippen molar-refractivity contribution in [2.45, 2.75) is 6.92 Å². The molecule has 1 aromatic rings. The normalized spacial score (nSPS) is 11.6. The number of benzene rings is 1. The molecule has 0 fully saturated rings. The molecule has 0 aromatic heterocycles. The second-order valence-electron chi connectivity index (χ2n) is 2.70. The average molecular weight is 165 g/mol. The van der Waals surface area contributed by atoms with Crippen LogP contribution >= 0.6 is 0 Å². The van der Waals surface area contributed by atoms with E-state index in [0.29, 0.717) is 0 Å². The summed E-state index contributed by atoms with van der Waals surface area (Å²) in [5.74, 6) is 0. The molecule has 13 heavy (non-hydrogen) atoms. The predicted molar refractivity (Wildman–Crippen MR) is 52.4 cm³/mol. The molecule has 0 aliphatic rings. The third kappa shape index (κ3) is 3.54. The quantitative estimate of drug-likeness (QED) is 0.277. The standard InChI is InChI=1S/C11H12N.Li/c1-9-5-6-10(2)11(8-9)4-3-7-12;/h3-6,8H,2,12H2,1H3;/q-1;+1/b11-4-;. The maximum Gasteiger partial charge on any atom is 1.00 e. The van der Waals surface area contributed by atoms with Crippen LogP contribution in [0.2, 0.25) is 0 Å². The van der Waals surface area contributed by atoms with E-state index >= 15 is 0 Å². The van der Waals surface area contributed by atoms with Crippen molar-refractivity contribution in [2.75, 3.05) is 0 Å². The Kier molecular flexibility index (Phi) is 5.30. The van der Waals surface area contributed by atoms with Gasteiger partial charge in [-0.2, -0.15) is 6.20 Å². The van der Waals surface area contributed by atoms with Crippen LogP contribution < -0.4 is 35.0 Å². The minimum absolute atomic E-state index is 0. The molecule has 2 N–H and O–H groups in total. The van der Waals surface area contributed by atoms with Gasteiger partial charge in [0.25, 0.3) is 0 Å². The van der Waals surface area contributed by atoms with Crippen LogP contribution in [0.25, 0.3) is 12.7 Å². The second kappa shape index (κ2) is 5.69. The first-order chi connectivity index (χ1) is 5.74. The van der Waals surface area contributed by atoms with Crippen LogP contribution in [-0.2, 0) is 0 Å². The van der Waals surface area contributed by atoms with Crippen LogP contribution in [0.15, 0.2) is 24.3 Å². The molecule has 1 aromatic carbocycles. The fourth-order valence-corrected chi connectivity index (χ4v) is 1.01. The number of aryl methyl sites for hydroxylation is 1. The summed E-state index contributed by atoms with van der Waals surface area (Å²) < 4.78 is 0. The van der Waals surface area contributed by atoms with Gasteiger partial charge in [-0.25, -0.2) is 12.2 Å². The zero-order chi connectivity index (χ0) is 8.97. The summed E-state index contributed by atoms with van der Waals surface area (Å²) in [5.41, 5.74) is 6.33. The van der Waals surface area contributed by atoms with Gasteiger partial charge in [0, 0.05) is 0 Å². The fourth-order valence-electron chi connectivity index (χ4n) is 1.01. The Labute approximate surface area is 90.8 Å². The summed E-state index contributed by atoms with van der Waals surface area (Å²) in [5, 5.41) is 2.10. The number of nitrogens with two attached hydrogens (primary N) is 1. The van der Waals surface area contributed by atoms with Gasteiger partial charge in [0.2, 0.25) is 0 Å². The van der Waals surface area contributed by atoms with Crippen LogP contribution in [0.4, 0.5) is 0 Å². The second-order valence-corrected chi connectivity index (χ2v) is 2.70. The summed E-state index contributed by atoms with van der Waals surface area (Å²) in [6, 6.07) is 6.09. The number of hydrogen-bond donors (Lipinski definition) is 1. The van der Waals surface area contributed by atoms with E-state index in [0.717, 1.165) is 10.4 Å². The van der Waals surface area contributed by atoms with Crippen molar-refractivity contribution in [3.63, 3.8) is 0 Å². The van der Waals surface area contributed by atoms with E-state index in [1.807, 2.05) is 25.1 Å². The summed E-state index contributed by atoms with van der Waals surface area (Å²) in [7, 11) is 0. The molecule has 62 valence electrons. The molecule has 1 nitrogen and oxygen atoms in total. The molecule has 0 saturated carbocycles. The van der Waals surface area contributed by atoms with E-state index in [1.165, 1.54) is 5.56 Å². The Hall–Kier alpha value is -0.903. The van der Waals surface area contributed by atoms with Gasteiger partial charge in [0.1, 0.15) is 0 Å². The summed E-state index contributed by atoms with van der Waals surface area (Å²) >= 11 is 0. The van der Waals surface area contributed by atoms with E-state index in [4.69, 9.17) is 5.73 Å². The molecule has 2 heteroatoms. The van der Waals surface area contributed by atoms with Crippen molar-refractivity contribution in [3.05, 3.63) is 46.5 Å². The van der Waals surface area contributed by atoms with Crippen LogP contribution in [0.5, 0.6) is 0 Å². The van der Waals surface area contributed by atoms with Gasteiger partial charge in [0.15, 0.2) is 0 Å². The third-order valence-corrected chi connectivity index (χ3v) is 1.66. The summed E-state index contributed by atoms with van der Waals surface area (Å²) in [6.07, 6.45) is 6.04. The van der Waals surface area contributed by atoms with Gasteiger partial charge in [-0.3, -0.25) is 0 Å². The van der Waals surface area contributed by atoms with E-state index in [-0.39, 0.29) is 18.9 Å². The topological polar surface area (TPSA) is 26.0 Å². The number of hydrogen-bond acceptors (Lipinski definition) is 1. The Morgan fingerprint density at radius 3 is 2.77 bits per heavy atom. The van der Waals surface area contributed by atoms with Gasteiger partial charge in [-0.1, -0.05) is 30.3 Å². The van der Waals surface area contributed by atoms with Gasteiger partial charge in [0.05, 0.1) is 0 Å². The first-order valence-corrected chi connectivity index (χ1v) is 3.79. The first-order valence-electron chi connectivity index (χ1n) is 3.79. The smallest absolute Gasteiger partial charge is 0.490 e. The van der Waals surface area contributed by atoms with Crippen molar-refractivity contribution >= 4 is 12.7 Å². The molecular formula is C11H12LiN. The van der Waals surface area contributed by atoms with Crippen LogP contribution in [0.1, 0.15) is 5.56 Å². The predicted octanol–water partition coefficient (Wildman–Crippen LogP) is -2.53. The monoisotopic (exact) mass is 165 g/mol. The molecule has 0 spiro atoms. The molecule has 0 heterocycles. The minimum atomic E-state index is 0. The third-order valence-electron chi connectivity index (χ3n) is 1.66. The van der Waals surface area contributed by atoms with Crippen LogP contribution in [0, 0.1) is 13.1 Å². The molecule has 0 aliphatic heterocycles. The zero-order valence-electron chi connectivity index (χ0n) is 8.17. The summed E-state index contributed by atoms with van der Waals surface area (Å²) in [6.45, 7) is 5.94.